The molecular weight excluding hydrogens is 466 g/mol. The van der Waals surface area contributed by atoms with Crippen molar-refractivity contribution in [2.75, 3.05) is 11.9 Å². The summed E-state index contributed by atoms with van der Waals surface area (Å²) in [7, 11) is 0. The van der Waals surface area contributed by atoms with E-state index in [0.29, 0.717) is 24.1 Å². The maximum Gasteiger partial charge on any atom is 0.226 e. The van der Waals surface area contributed by atoms with E-state index in [-0.39, 0.29) is 18.0 Å². The number of nitrogens with one attached hydrogen (secondary N) is 2. The lowest BCUT2D eigenvalue weighted by atomic mass is 9.95. The SMILES string of the molecule is Cc1ccc(C)c(NC(=O)CCN2C(=S)N[C@@H](c3ccccn3)[C@@H]2c2ccn(C3CCCCC3)c2)c1. The Hall–Kier alpha value is -3.19. The van der Waals surface area contributed by atoms with E-state index in [1.807, 2.05) is 50.4 Å². The molecule has 0 radical (unpaired) electrons. The van der Waals surface area contributed by atoms with Crippen molar-refractivity contribution in [3.05, 3.63) is 83.4 Å². The predicted octanol–water partition coefficient (Wildman–Crippen LogP) is 6.01. The van der Waals surface area contributed by atoms with Crippen molar-refractivity contribution in [3.8, 4) is 0 Å². The first-order valence-electron chi connectivity index (χ1n) is 13.0. The second-order valence-corrected chi connectivity index (χ2v) is 10.5. The zero-order valence-corrected chi connectivity index (χ0v) is 21.9. The van der Waals surface area contributed by atoms with Gasteiger partial charge in [-0.2, -0.15) is 0 Å². The average molecular weight is 502 g/mol. The van der Waals surface area contributed by atoms with Crippen molar-refractivity contribution < 1.29 is 4.79 Å². The molecule has 0 bridgehead atoms. The molecular formula is C29H35N5OS. The molecule has 6 nitrogen and oxygen atoms in total. The van der Waals surface area contributed by atoms with Crippen LogP contribution in [0, 0.1) is 13.8 Å². The van der Waals surface area contributed by atoms with E-state index < -0.39 is 0 Å². The maximum atomic E-state index is 12.9. The monoisotopic (exact) mass is 501 g/mol. The fourth-order valence-corrected chi connectivity index (χ4v) is 5.86. The first-order chi connectivity index (χ1) is 17.5. The molecule has 2 aliphatic rings. The number of hydrogen-bond donors (Lipinski definition) is 2. The number of aryl methyl sites for hydroxylation is 2. The van der Waals surface area contributed by atoms with Crippen molar-refractivity contribution in [1.29, 1.82) is 0 Å². The van der Waals surface area contributed by atoms with Crippen LogP contribution in [0.1, 0.15) is 79.0 Å². The van der Waals surface area contributed by atoms with Gasteiger partial charge in [0.25, 0.3) is 0 Å². The van der Waals surface area contributed by atoms with Gasteiger partial charge in [-0.05, 0) is 79.9 Å². The number of carbonyl (C=O) groups excluding carboxylic acids is 1. The topological polar surface area (TPSA) is 62.2 Å². The molecule has 2 N–H and O–H groups in total. The van der Waals surface area contributed by atoms with Gasteiger partial charge in [0.1, 0.15) is 0 Å². The Bertz CT molecular complexity index is 1220. The highest BCUT2D eigenvalue weighted by atomic mass is 32.1. The number of pyridine rings is 1. The van der Waals surface area contributed by atoms with Crippen molar-refractivity contribution in [3.63, 3.8) is 0 Å². The van der Waals surface area contributed by atoms with Gasteiger partial charge in [0.05, 0.1) is 17.8 Å². The average Bonchev–Trinajstić information content (AvgIpc) is 3.50. The van der Waals surface area contributed by atoms with Gasteiger partial charge in [-0.25, -0.2) is 0 Å². The molecule has 1 saturated heterocycles. The van der Waals surface area contributed by atoms with Crippen LogP contribution in [0.5, 0.6) is 0 Å². The van der Waals surface area contributed by atoms with Gasteiger partial charge in [0.15, 0.2) is 5.11 Å². The van der Waals surface area contributed by atoms with E-state index >= 15 is 0 Å². The molecule has 3 aromatic rings. The fourth-order valence-electron chi connectivity index (χ4n) is 5.53. The van der Waals surface area contributed by atoms with Gasteiger partial charge in [-0.3, -0.25) is 9.78 Å². The number of thiocarbonyl (C=S) groups is 1. The highest BCUT2D eigenvalue weighted by Gasteiger charge is 2.40. The number of benzene rings is 1. The number of amides is 1. The molecule has 1 aliphatic carbocycles. The molecule has 36 heavy (non-hydrogen) atoms. The number of rotatable bonds is 7. The van der Waals surface area contributed by atoms with Gasteiger partial charge in [-0.15, -0.1) is 0 Å². The third-order valence-corrected chi connectivity index (χ3v) is 7.87. The van der Waals surface area contributed by atoms with Crippen LogP contribution in [0.4, 0.5) is 5.69 Å². The summed E-state index contributed by atoms with van der Waals surface area (Å²) in [5.74, 6) is -0.00804. The van der Waals surface area contributed by atoms with Gasteiger partial charge in [0.2, 0.25) is 5.91 Å². The Morgan fingerprint density at radius 1 is 1.14 bits per heavy atom. The first-order valence-corrected chi connectivity index (χ1v) is 13.4. The van der Waals surface area contributed by atoms with Crippen LogP contribution in [0.25, 0.3) is 0 Å². The van der Waals surface area contributed by atoms with Crippen LogP contribution in [0.2, 0.25) is 0 Å². The van der Waals surface area contributed by atoms with Crippen molar-refractivity contribution in [1.82, 2.24) is 19.8 Å². The van der Waals surface area contributed by atoms with Crippen LogP contribution in [-0.4, -0.2) is 32.0 Å². The molecule has 7 heteroatoms. The summed E-state index contributed by atoms with van der Waals surface area (Å²) >= 11 is 5.79. The minimum atomic E-state index is -0.0667. The van der Waals surface area contributed by atoms with E-state index in [9.17, 15) is 4.79 Å². The minimum absolute atomic E-state index is 0.00804. The minimum Gasteiger partial charge on any atom is -0.352 e. The van der Waals surface area contributed by atoms with Crippen LogP contribution in [0.3, 0.4) is 0 Å². The highest BCUT2D eigenvalue weighted by Crippen LogP contribution is 2.40. The lowest BCUT2D eigenvalue weighted by Gasteiger charge is -2.27. The molecule has 1 aliphatic heterocycles. The smallest absolute Gasteiger partial charge is 0.226 e. The van der Waals surface area contributed by atoms with Gasteiger partial charge in [0, 0.05) is 43.3 Å². The van der Waals surface area contributed by atoms with E-state index in [1.54, 1.807) is 0 Å². The molecule has 2 atom stereocenters. The van der Waals surface area contributed by atoms with Crippen LogP contribution < -0.4 is 10.6 Å². The van der Waals surface area contributed by atoms with Gasteiger partial charge >= 0.3 is 0 Å². The Morgan fingerprint density at radius 3 is 2.75 bits per heavy atom. The third-order valence-electron chi connectivity index (χ3n) is 7.52. The molecule has 1 saturated carbocycles. The van der Waals surface area contributed by atoms with Crippen molar-refractivity contribution in [2.24, 2.45) is 0 Å². The number of aromatic nitrogens is 2. The maximum absolute atomic E-state index is 12.9. The predicted molar refractivity (Wildman–Crippen MR) is 148 cm³/mol. The molecule has 2 fully saturated rings. The largest absolute Gasteiger partial charge is 0.352 e. The normalized spacial score (nSPS) is 20.4. The van der Waals surface area contributed by atoms with Crippen LogP contribution >= 0.6 is 12.2 Å². The second-order valence-electron chi connectivity index (χ2n) is 10.1. The molecule has 0 spiro atoms. The first kappa shape index (κ1) is 24.5. The van der Waals surface area contributed by atoms with E-state index in [0.717, 1.165) is 22.5 Å². The zero-order chi connectivity index (χ0) is 25.1. The fraction of sp³-hybridized carbons (Fsp3) is 0.414. The van der Waals surface area contributed by atoms with Gasteiger partial charge in [-0.1, -0.05) is 37.5 Å². The third kappa shape index (κ3) is 5.31. The van der Waals surface area contributed by atoms with Crippen LogP contribution in [0.15, 0.2) is 61.1 Å². The highest BCUT2D eigenvalue weighted by molar-refractivity contribution is 7.80. The Kier molecular flexibility index (Phi) is 7.37. The van der Waals surface area contributed by atoms with Crippen molar-refractivity contribution >= 4 is 28.9 Å². The molecule has 3 heterocycles. The molecule has 188 valence electrons. The summed E-state index contributed by atoms with van der Waals surface area (Å²) in [5.41, 5.74) is 5.22. The molecule has 2 aromatic heterocycles. The number of nitrogens with zero attached hydrogens (tertiary/aromatic N) is 3. The molecule has 1 aromatic carbocycles. The zero-order valence-electron chi connectivity index (χ0n) is 21.1. The summed E-state index contributed by atoms with van der Waals surface area (Å²) in [6.07, 6.45) is 13.1. The van der Waals surface area contributed by atoms with E-state index in [2.05, 4.69) is 49.6 Å². The van der Waals surface area contributed by atoms with Crippen LogP contribution in [-0.2, 0) is 4.79 Å². The Morgan fingerprint density at radius 2 is 1.97 bits per heavy atom. The summed E-state index contributed by atoms with van der Waals surface area (Å²) in [6, 6.07) is 14.8. The molecule has 0 unspecified atom stereocenters. The molecule has 5 rings (SSSR count). The van der Waals surface area contributed by atoms with E-state index in [4.69, 9.17) is 12.2 Å². The number of hydrogen-bond acceptors (Lipinski definition) is 3. The van der Waals surface area contributed by atoms with Gasteiger partial charge < -0.3 is 20.1 Å². The molecule has 1 amide bonds. The second kappa shape index (κ2) is 10.8. The number of anilines is 1. The standard InChI is InChI=1S/C29H35N5OS/c1-20-11-12-21(2)25(18-20)31-26(35)14-17-34-28(27(32-29(34)36)24-10-6-7-15-30-24)22-13-16-33(19-22)23-8-4-3-5-9-23/h6-7,10-13,15-16,18-19,23,27-28H,3-5,8-9,14,17H2,1-2H3,(H,31,35)(H,32,36)/t27-,28-/m0/s1. The Balaban J connectivity index is 1.36. The summed E-state index contributed by atoms with van der Waals surface area (Å²) in [4.78, 5) is 19.7. The summed E-state index contributed by atoms with van der Waals surface area (Å²) in [6.45, 7) is 4.58. The lowest BCUT2D eigenvalue weighted by Crippen LogP contribution is -2.32. The summed E-state index contributed by atoms with van der Waals surface area (Å²) in [5, 5.41) is 7.26. The Labute approximate surface area is 219 Å². The number of carbonyl (C=O) groups is 1. The summed E-state index contributed by atoms with van der Waals surface area (Å²) < 4.78 is 2.39. The van der Waals surface area contributed by atoms with E-state index in [1.165, 1.54) is 37.7 Å². The van der Waals surface area contributed by atoms with Crippen molar-refractivity contribution in [2.45, 2.75) is 70.5 Å². The lowest BCUT2D eigenvalue weighted by molar-refractivity contribution is -0.116. The quantitative estimate of drug-likeness (QED) is 0.389.